The van der Waals surface area contributed by atoms with Gasteiger partial charge in [-0.3, -0.25) is 0 Å². The highest BCUT2D eigenvalue weighted by Crippen LogP contribution is 2.15. The van der Waals surface area contributed by atoms with Gasteiger partial charge < -0.3 is 10.2 Å². The van der Waals surface area contributed by atoms with Gasteiger partial charge in [-0.25, -0.2) is 4.39 Å². The van der Waals surface area contributed by atoms with Crippen LogP contribution in [-0.4, -0.2) is 31.6 Å². The molecule has 0 radical (unpaired) electrons. The Labute approximate surface area is 109 Å². The zero-order chi connectivity index (χ0) is 13.0. The fourth-order valence-electron chi connectivity index (χ4n) is 2.71. The first-order valence-corrected chi connectivity index (χ1v) is 6.79. The lowest BCUT2D eigenvalue weighted by Crippen LogP contribution is -2.36. The second kappa shape index (κ2) is 6.30. The van der Waals surface area contributed by atoms with Gasteiger partial charge in [0.05, 0.1) is 0 Å². The SMILES string of the molecule is Cc1cc(F)ccc1CN(C)CC1CCCNC1. The molecule has 1 aliphatic rings. The second-order valence-corrected chi connectivity index (χ2v) is 5.48. The zero-order valence-corrected chi connectivity index (χ0v) is 11.4. The van der Waals surface area contributed by atoms with Crippen LogP contribution in [0.1, 0.15) is 24.0 Å². The van der Waals surface area contributed by atoms with Crippen molar-refractivity contribution >= 4 is 0 Å². The normalized spacial score (nSPS) is 20.3. The van der Waals surface area contributed by atoms with Gasteiger partial charge in [-0.05, 0) is 69.1 Å². The van der Waals surface area contributed by atoms with E-state index in [2.05, 4.69) is 17.3 Å². The number of rotatable bonds is 4. The first kappa shape index (κ1) is 13.5. The monoisotopic (exact) mass is 250 g/mol. The van der Waals surface area contributed by atoms with Gasteiger partial charge in [-0.15, -0.1) is 0 Å². The molecule has 18 heavy (non-hydrogen) atoms. The summed E-state index contributed by atoms with van der Waals surface area (Å²) < 4.78 is 13.0. The summed E-state index contributed by atoms with van der Waals surface area (Å²) in [6, 6.07) is 5.07. The number of hydrogen-bond donors (Lipinski definition) is 1. The molecule has 1 fully saturated rings. The Morgan fingerprint density at radius 3 is 2.94 bits per heavy atom. The third kappa shape index (κ3) is 3.79. The van der Waals surface area contributed by atoms with Crippen molar-refractivity contribution in [3.8, 4) is 0 Å². The second-order valence-electron chi connectivity index (χ2n) is 5.48. The standard InChI is InChI=1S/C15H23FN2/c1-12-8-15(16)6-5-14(12)11-18(2)10-13-4-3-7-17-9-13/h5-6,8,13,17H,3-4,7,9-11H2,1-2H3. The predicted molar refractivity (Wildman–Crippen MR) is 73.1 cm³/mol. The van der Waals surface area contributed by atoms with Crippen LogP contribution in [0.3, 0.4) is 0 Å². The smallest absolute Gasteiger partial charge is 0.123 e. The van der Waals surface area contributed by atoms with Crippen molar-refractivity contribution in [1.29, 1.82) is 0 Å². The molecule has 3 heteroatoms. The Hall–Kier alpha value is -0.930. The van der Waals surface area contributed by atoms with Gasteiger partial charge in [0.1, 0.15) is 5.82 Å². The first-order valence-electron chi connectivity index (χ1n) is 6.79. The van der Waals surface area contributed by atoms with Crippen LogP contribution in [0.2, 0.25) is 0 Å². The lowest BCUT2D eigenvalue weighted by molar-refractivity contribution is 0.237. The number of hydrogen-bond acceptors (Lipinski definition) is 2. The molecule has 0 saturated carbocycles. The molecule has 1 aliphatic heterocycles. The van der Waals surface area contributed by atoms with E-state index < -0.39 is 0 Å². The molecular formula is C15H23FN2. The quantitative estimate of drug-likeness (QED) is 0.883. The zero-order valence-electron chi connectivity index (χ0n) is 11.4. The molecule has 1 aromatic carbocycles. The Morgan fingerprint density at radius 1 is 1.44 bits per heavy atom. The van der Waals surface area contributed by atoms with Crippen LogP contribution in [-0.2, 0) is 6.54 Å². The van der Waals surface area contributed by atoms with E-state index in [9.17, 15) is 4.39 Å². The Morgan fingerprint density at radius 2 is 2.28 bits per heavy atom. The summed E-state index contributed by atoms with van der Waals surface area (Å²) in [4.78, 5) is 2.35. The highest BCUT2D eigenvalue weighted by Gasteiger charge is 2.15. The molecule has 1 unspecified atom stereocenters. The molecule has 0 aromatic heterocycles. The van der Waals surface area contributed by atoms with E-state index in [1.807, 2.05) is 13.0 Å². The maximum absolute atomic E-state index is 13.0. The van der Waals surface area contributed by atoms with Crippen LogP contribution < -0.4 is 5.32 Å². The number of aryl methyl sites for hydroxylation is 1. The minimum atomic E-state index is -0.143. The van der Waals surface area contributed by atoms with E-state index >= 15 is 0 Å². The van der Waals surface area contributed by atoms with Crippen LogP contribution in [0, 0.1) is 18.7 Å². The molecule has 0 spiro atoms. The lowest BCUT2D eigenvalue weighted by Gasteiger charge is -2.28. The van der Waals surface area contributed by atoms with Gasteiger partial charge in [-0.1, -0.05) is 6.07 Å². The van der Waals surface area contributed by atoms with Gasteiger partial charge in [-0.2, -0.15) is 0 Å². The molecule has 1 atom stereocenters. The molecule has 100 valence electrons. The number of piperidine rings is 1. The number of nitrogens with one attached hydrogen (secondary N) is 1. The third-order valence-electron chi connectivity index (χ3n) is 3.71. The van der Waals surface area contributed by atoms with E-state index in [0.717, 1.165) is 37.7 Å². The summed E-state index contributed by atoms with van der Waals surface area (Å²) in [5.74, 6) is 0.611. The molecule has 1 heterocycles. The van der Waals surface area contributed by atoms with Gasteiger partial charge in [0.15, 0.2) is 0 Å². The van der Waals surface area contributed by atoms with Crippen molar-refractivity contribution < 1.29 is 4.39 Å². The molecule has 0 aliphatic carbocycles. The van der Waals surface area contributed by atoms with E-state index in [1.165, 1.54) is 18.4 Å². The number of halogens is 1. The van der Waals surface area contributed by atoms with E-state index in [-0.39, 0.29) is 5.82 Å². The van der Waals surface area contributed by atoms with Gasteiger partial charge in [0.25, 0.3) is 0 Å². The Bertz CT molecular complexity index is 386. The maximum atomic E-state index is 13.0. The molecule has 2 nitrogen and oxygen atoms in total. The molecule has 2 rings (SSSR count). The van der Waals surface area contributed by atoms with Crippen molar-refractivity contribution in [1.82, 2.24) is 10.2 Å². The van der Waals surface area contributed by atoms with Crippen molar-refractivity contribution in [2.45, 2.75) is 26.3 Å². The predicted octanol–water partition coefficient (Wildman–Crippen LogP) is 2.57. The van der Waals surface area contributed by atoms with Crippen LogP contribution in [0.4, 0.5) is 4.39 Å². The van der Waals surface area contributed by atoms with Crippen LogP contribution >= 0.6 is 0 Å². The summed E-state index contributed by atoms with van der Waals surface area (Å²) in [5, 5.41) is 3.45. The average molecular weight is 250 g/mol. The minimum Gasteiger partial charge on any atom is -0.316 e. The summed E-state index contributed by atoms with van der Waals surface area (Å²) in [6.45, 7) is 6.30. The molecule has 0 bridgehead atoms. The van der Waals surface area contributed by atoms with E-state index in [1.54, 1.807) is 12.1 Å². The highest BCUT2D eigenvalue weighted by molar-refractivity contribution is 5.26. The van der Waals surface area contributed by atoms with Gasteiger partial charge in [0, 0.05) is 13.1 Å². The van der Waals surface area contributed by atoms with Crippen molar-refractivity contribution in [3.63, 3.8) is 0 Å². The molecule has 1 saturated heterocycles. The van der Waals surface area contributed by atoms with Gasteiger partial charge >= 0.3 is 0 Å². The van der Waals surface area contributed by atoms with Crippen LogP contribution in [0.5, 0.6) is 0 Å². The van der Waals surface area contributed by atoms with Crippen molar-refractivity contribution in [2.75, 3.05) is 26.7 Å². The summed E-state index contributed by atoms with van der Waals surface area (Å²) in [6.07, 6.45) is 2.60. The van der Waals surface area contributed by atoms with Crippen molar-refractivity contribution in [3.05, 3.63) is 35.1 Å². The van der Waals surface area contributed by atoms with E-state index in [4.69, 9.17) is 0 Å². The average Bonchev–Trinajstić information content (AvgIpc) is 2.34. The maximum Gasteiger partial charge on any atom is 0.123 e. The first-order chi connectivity index (χ1) is 8.65. The third-order valence-corrected chi connectivity index (χ3v) is 3.71. The van der Waals surface area contributed by atoms with Crippen molar-refractivity contribution in [2.24, 2.45) is 5.92 Å². The lowest BCUT2D eigenvalue weighted by atomic mass is 9.99. The molecule has 1 aromatic rings. The fourth-order valence-corrected chi connectivity index (χ4v) is 2.71. The summed E-state index contributed by atoms with van der Waals surface area (Å²) in [7, 11) is 2.15. The van der Waals surface area contributed by atoms with Crippen LogP contribution in [0.15, 0.2) is 18.2 Å². The molecule has 0 amide bonds. The molecule has 1 N–H and O–H groups in total. The molecular weight excluding hydrogens is 227 g/mol. The Balaban J connectivity index is 1.87. The Kier molecular flexibility index (Phi) is 4.72. The highest BCUT2D eigenvalue weighted by atomic mass is 19.1. The van der Waals surface area contributed by atoms with E-state index in [0.29, 0.717) is 0 Å². The van der Waals surface area contributed by atoms with Gasteiger partial charge in [0.2, 0.25) is 0 Å². The minimum absolute atomic E-state index is 0.143. The summed E-state index contributed by atoms with van der Waals surface area (Å²) in [5.41, 5.74) is 2.27. The largest absolute Gasteiger partial charge is 0.316 e. The number of nitrogens with zero attached hydrogens (tertiary/aromatic N) is 1. The van der Waals surface area contributed by atoms with Crippen LogP contribution in [0.25, 0.3) is 0 Å². The number of benzene rings is 1. The fraction of sp³-hybridized carbons (Fsp3) is 0.600. The summed E-state index contributed by atoms with van der Waals surface area (Å²) >= 11 is 0. The topological polar surface area (TPSA) is 15.3 Å².